The number of hydrogen-bond donors (Lipinski definition) is 3. The lowest BCUT2D eigenvalue weighted by molar-refractivity contribution is -0.147. The van der Waals surface area contributed by atoms with Crippen LogP contribution in [0.4, 0.5) is 0 Å². The van der Waals surface area contributed by atoms with Crippen LogP contribution in [0.5, 0.6) is 5.75 Å². The average Bonchev–Trinajstić information content (AvgIpc) is 3.36. The predicted molar refractivity (Wildman–Crippen MR) is 150 cm³/mol. The minimum Gasteiger partial charge on any atom is -0.483 e. The van der Waals surface area contributed by atoms with Crippen molar-refractivity contribution in [2.24, 2.45) is 0 Å². The van der Waals surface area contributed by atoms with Gasteiger partial charge in [0.1, 0.15) is 11.8 Å². The number of nitrogens with one attached hydrogen (secondary N) is 2. The van der Waals surface area contributed by atoms with E-state index < -0.39 is 35.5 Å². The Kier molecular flexibility index (Phi) is 10.2. The van der Waals surface area contributed by atoms with Crippen molar-refractivity contribution in [1.82, 2.24) is 15.5 Å². The molecule has 1 fully saturated rings. The van der Waals surface area contributed by atoms with Crippen LogP contribution in [0.1, 0.15) is 44.4 Å². The number of para-hydroxylation sites is 1. The molecule has 0 aromatic heterocycles. The molecule has 0 spiro atoms. The molecular weight excluding hydrogens is 502 g/mol. The van der Waals surface area contributed by atoms with E-state index in [0.717, 1.165) is 23.1 Å². The van der Waals surface area contributed by atoms with E-state index in [2.05, 4.69) is 10.6 Å². The van der Waals surface area contributed by atoms with Crippen molar-refractivity contribution in [2.75, 3.05) is 18.2 Å². The van der Waals surface area contributed by atoms with Crippen molar-refractivity contribution < 1.29 is 24.2 Å². The van der Waals surface area contributed by atoms with Crippen LogP contribution in [0.3, 0.4) is 0 Å². The molecule has 0 aliphatic carbocycles. The second-order valence-corrected chi connectivity index (χ2v) is 11.6. The molecule has 38 heavy (non-hydrogen) atoms. The minimum atomic E-state index is -1.53. The molecule has 3 rings (SSSR count). The van der Waals surface area contributed by atoms with E-state index in [-0.39, 0.29) is 18.9 Å². The van der Waals surface area contributed by atoms with Crippen molar-refractivity contribution in [3.8, 4) is 5.75 Å². The van der Waals surface area contributed by atoms with Crippen LogP contribution < -0.4 is 15.4 Å². The van der Waals surface area contributed by atoms with Crippen LogP contribution in [-0.4, -0.2) is 69.7 Å². The normalized spacial score (nSPS) is 17.0. The number of benzene rings is 2. The standard InChI is InChI=1S/C29H39N3O5S/c1-6-21-14-10-11-19(2)26(21)37-16-24(33)30-22(15-20-12-8-7-9-13-20)25(34)28(36)32-18-38-17-23(32)27(35)31-29(3,4)5/h7-14,22-23,25,34H,6,15-18H2,1-5H3,(H,30,33)(H,31,35)/t22-,23-,25-/m0/s1. The lowest BCUT2D eigenvalue weighted by atomic mass is 9.99. The Morgan fingerprint density at radius 3 is 2.50 bits per heavy atom. The molecule has 9 heteroatoms. The second-order valence-electron chi connectivity index (χ2n) is 10.6. The highest BCUT2D eigenvalue weighted by Gasteiger charge is 2.40. The molecule has 206 valence electrons. The van der Waals surface area contributed by atoms with Gasteiger partial charge in [-0.3, -0.25) is 14.4 Å². The van der Waals surface area contributed by atoms with Gasteiger partial charge in [-0.1, -0.05) is 55.5 Å². The topological polar surface area (TPSA) is 108 Å². The lowest BCUT2D eigenvalue weighted by Crippen LogP contribution is -2.58. The van der Waals surface area contributed by atoms with E-state index in [1.54, 1.807) is 0 Å². The molecule has 2 aromatic rings. The Bertz CT molecular complexity index is 1120. The minimum absolute atomic E-state index is 0.240. The summed E-state index contributed by atoms with van der Waals surface area (Å²) >= 11 is 1.46. The highest BCUT2D eigenvalue weighted by atomic mass is 32.2. The zero-order valence-electron chi connectivity index (χ0n) is 22.8. The molecule has 0 unspecified atom stereocenters. The Morgan fingerprint density at radius 2 is 1.84 bits per heavy atom. The highest BCUT2D eigenvalue weighted by molar-refractivity contribution is 7.99. The van der Waals surface area contributed by atoms with Gasteiger partial charge in [-0.25, -0.2) is 0 Å². The third kappa shape index (κ3) is 7.98. The van der Waals surface area contributed by atoms with Crippen molar-refractivity contribution in [3.05, 3.63) is 65.2 Å². The molecular formula is C29H39N3O5S. The Labute approximate surface area is 229 Å². The zero-order valence-corrected chi connectivity index (χ0v) is 23.6. The van der Waals surface area contributed by atoms with E-state index in [0.29, 0.717) is 17.4 Å². The number of aliphatic hydroxyl groups is 1. The molecule has 8 nitrogen and oxygen atoms in total. The van der Waals surface area contributed by atoms with Gasteiger partial charge in [0, 0.05) is 11.3 Å². The molecule has 1 saturated heterocycles. The molecule has 3 amide bonds. The molecule has 0 radical (unpaired) electrons. The molecule has 0 bridgehead atoms. The average molecular weight is 542 g/mol. The Morgan fingerprint density at radius 1 is 1.13 bits per heavy atom. The number of carbonyl (C=O) groups is 3. The third-order valence-corrected chi connectivity index (χ3v) is 7.28. The first kappa shape index (κ1) is 29.5. The van der Waals surface area contributed by atoms with Gasteiger partial charge in [0.05, 0.1) is 11.9 Å². The first-order chi connectivity index (χ1) is 18.0. The molecule has 1 aliphatic rings. The molecule has 3 atom stereocenters. The number of aryl methyl sites for hydroxylation is 2. The first-order valence-electron chi connectivity index (χ1n) is 12.9. The summed E-state index contributed by atoms with van der Waals surface area (Å²) in [4.78, 5) is 40.7. The number of hydrogen-bond acceptors (Lipinski definition) is 6. The lowest BCUT2D eigenvalue weighted by Gasteiger charge is -2.31. The maximum Gasteiger partial charge on any atom is 0.258 e. The summed E-state index contributed by atoms with van der Waals surface area (Å²) in [5.74, 6) is 0.119. The maximum atomic E-state index is 13.4. The van der Waals surface area contributed by atoms with Crippen molar-refractivity contribution >= 4 is 29.5 Å². The van der Waals surface area contributed by atoms with Gasteiger partial charge in [-0.15, -0.1) is 11.8 Å². The number of aliphatic hydroxyl groups excluding tert-OH is 1. The smallest absolute Gasteiger partial charge is 0.258 e. The van der Waals surface area contributed by atoms with Gasteiger partial charge in [0.2, 0.25) is 5.91 Å². The Balaban J connectivity index is 1.74. The van der Waals surface area contributed by atoms with Crippen molar-refractivity contribution in [2.45, 2.75) is 71.2 Å². The number of ether oxygens (including phenoxy) is 1. The molecule has 1 aliphatic heterocycles. The summed E-state index contributed by atoms with van der Waals surface area (Å²) in [7, 11) is 0. The first-order valence-corrected chi connectivity index (χ1v) is 14.1. The number of rotatable bonds is 10. The quantitative estimate of drug-likeness (QED) is 0.427. The fourth-order valence-electron chi connectivity index (χ4n) is 4.37. The largest absolute Gasteiger partial charge is 0.483 e. The summed E-state index contributed by atoms with van der Waals surface area (Å²) in [6, 6.07) is 13.6. The van der Waals surface area contributed by atoms with Gasteiger partial charge in [-0.05, 0) is 57.2 Å². The number of carbonyl (C=O) groups excluding carboxylic acids is 3. The molecule has 1 heterocycles. The summed E-state index contributed by atoms with van der Waals surface area (Å²) in [6.45, 7) is 9.32. The van der Waals surface area contributed by atoms with Crippen LogP contribution in [0.25, 0.3) is 0 Å². The van der Waals surface area contributed by atoms with Crippen LogP contribution in [0, 0.1) is 6.92 Å². The van der Waals surface area contributed by atoms with Gasteiger partial charge in [-0.2, -0.15) is 0 Å². The summed E-state index contributed by atoms with van der Waals surface area (Å²) in [5.41, 5.74) is 2.34. The van der Waals surface area contributed by atoms with Gasteiger partial charge >= 0.3 is 0 Å². The SMILES string of the molecule is CCc1cccc(C)c1OCC(=O)N[C@@H](Cc1ccccc1)[C@H](O)C(=O)N1CSC[C@H]1C(=O)NC(C)(C)C. The van der Waals surface area contributed by atoms with Crippen LogP contribution in [0.15, 0.2) is 48.5 Å². The number of nitrogens with zero attached hydrogens (tertiary/aromatic N) is 1. The van der Waals surface area contributed by atoms with Crippen molar-refractivity contribution in [1.29, 1.82) is 0 Å². The number of thioether (sulfide) groups is 1. The van der Waals surface area contributed by atoms with Crippen molar-refractivity contribution in [3.63, 3.8) is 0 Å². The monoisotopic (exact) mass is 541 g/mol. The van der Waals surface area contributed by atoms with E-state index in [1.807, 2.05) is 83.1 Å². The van der Waals surface area contributed by atoms with Gasteiger partial charge in [0.15, 0.2) is 12.7 Å². The zero-order chi connectivity index (χ0) is 27.9. The van der Waals surface area contributed by atoms with E-state index in [1.165, 1.54) is 16.7 Å². The van der Waals surface area contributed by atoms with Gasteiger partial charge < -0.3 is 25.4 Å². The van der Waals surface area contributed by atoms with Crippen LogP contribution >= 0.6 is 11.8 Å². The van der Waals surface area contributed by atoms with E-state index >= 15 is 0 Å². The fourth-order valence-corrected chi connectivity index (χ4v) is 5.53. The van der Waals surface area contributed by atoms with E-state index in [9.17, 15) is 19.5 Å². The van der Waals surface area contributed by atoms with E-state index in [4.69, 9.17) is 4.74 Å². The summed E-state index contributed by atoms with van der Waals surface area (Å²) < 4.78 is 5.86. The number of amides is 3. The predicted octanol–water partition coefficient (Wildman–Crippen LogP) is 2.84. The van der Waals surface area contributed by atoms with Crippen LogP contribution in [0.2, 0.25) is 0 Å². The van der Waals surface area contributed by atoms with Crippen LogP contribution in [-0.2, 0) is 27.2 Å². The Hall–Kier alpha value is -3.04. The highest BCUT2D eigenvalue weighted by Crippen LogP contribution is 2.25. The maximum absolute atomic E-state index is 13.4. The molecule has 3 N–H and O–H groups in total. The summed E-state index contributed by atoms with van der Waals surface area (Å²) in [6.07, 6.45) is -0.531. The molecule has 2 aromatic carbocycles. The van der Waals surface area contributed by atoms with Gasteiger partial charge in [0.25, 0.3) is 11.8 Å². The summed E-state index contributed by atoms with van der Waals surface area (Å²) in [5, 5.41) is 16.9. The third-order valence-electron chi connectivity index (χ3n) is 6.27. The second kappa shape index (κ2) is 13.2. The molecule has 0 saturated carbocycles. The fraction of sp³-hybridized carbons (Fsp3) is 0.483.